The highest BCUT2D eigenvalue weighted by Gasteiger charge is 2.35. The number of aromatic nitrogens is 2. The standard InChI is InChI=1S/C18H20F3N3O2/c1-12-5-2-3-7-14(12)17-22-15(26-23-17)9-13-6-4-8-24(11-13)16(25)10-18(19,20)21/h2-3,5,7,13H,4,6,8-11H2,1H3/t13-/m1/s1. The SMILES string of the molecule is Cc1ccccc1-c1noc(C[C@H]2CCCN(C(=O)CC(F)(F)F)C2)n1. The van der Waals surface area contributed by atoms with E-state index in [1.807, 2.05) is 31.2 Å². The molecule has 140 valence electrons. The first-order valence-corrected chi connectivity index (χ1v) is 8.55. The number of hydrogen-bond donors (Lipinski definition) is 0. The molecule has 0 N–H and O–H groups in total. The molecule has 1 aliphatic rings. The summed E-state index contributed by atoms with van der Waals surface area (Å²) in [6, 6.07) is 7.68. The van der Waals surface area contributed by atoms with Crippen LogP contribution in [0, 0.1) is 12.8 Å². The zero-order valence-electron chi connectivity index (χ0n) is 14.4. The van der Waals surface area contributed by atoms with Crippen LogP contribution in [0.5, 0.6) is 0 Å². The Bertz CT molecular complexity index is 773. The van der Waals surface area contributed by atoms with Gasteiger partial charge < -0.3 is 9.42 Å². The van der Waals surface area contributed by atoms with Crippen LogP contribution in [0.1, 0.15) is 30.7 Å². The normalized spacial score (nSPS) is 18.2. The van der Waals surface area contributed by atoms with Gasteiger partial charge in [-0.05, 0) is 31.2 Å². The zero-order chi connectivity index (χ0) is 18.7. The van der Waals surface area contributed by atoms with E-state index in [9.17, 15) is 18.0 Å². The van der Waals surface area contributed by atoms with E-state index in [2.05, 4.69) is 10.1 Å². The van der Waals surface area contributed by atoms with Gasteiger partial charge in [-0.3, -0.25) is 4.79 Å². The number of alkyl halides is 3. The monoisotopic (exact) mass is 367 g/mol. The van der Waals surface area contributed by atoms with E-state index < -0.39 is 18.5 Å². The molecule has 1 saturated heterocycles. The molecule has 0 spiro atoms. The fraction of sp³-hybridized carbons (Fsp3) is 0.500. The minimum absolute atomic E-state index is 0.0195. The topological polar surface area (TPSA) is 59.2 Å². The van der Waals surface area contributed by atoms with Gasteiger partial charge in [0.25, 0.3) is 0 Å². The molecule has 2 aromatic rings. The molecule has 1 amide bonds. The summed E-state index contributed by atoms with van der Waals surface area (Å²) < 4.78 is 42.6. The molecule has 1 fully saturated rings. The Morgan fingerprint density at radius 2 is 2.12 bits per heavy atom. The highest BCUT2D eigenvalue weighted by molar-refractivity contribution is 5.76. The minimum atomic E-state index is -4.47. The van der Waals surface area contributed by atoms with Crippen LogP contribution in [-0.4, -0.2) is 40.2 Å². The number of halogens is 3. The number of carbonyl (C=O) groups is 1. The maximum Gasteiger partial charge on any atom is 0.397 e. The van der Waals surface area contributed by atoms with Crippen molar-refractivity contribution in [1.29, 1.82) is 0 Å². The Balaban J connectivity index is 1.63. The Labute approximate surface area is 149 Å². The first-order valence-electron chi connectivity index (χ1n) is 8.55. The molecule has 5 nitrogen and oxygen atoms in total. The van der Waals surface area contributed by atoms with E-state index in [4.69, 9.17) is 4.52 Å². The first-order chi connectivity index (χ1) is 12.3. The van der Waals surface area contributed by atoms with Gasteiger partial charge in [0.2, 0.25) is 17.6 Å². The van der Waals surface area contributed by atoms with Crippen LogP contribution in [0.4, 0.5) is 13.2 Å². The lowest BCUT2D eigenvalue weighted by molar-refractivity contribution is -0.162. The molecule has 0 unspecified atom stereocenters. The van der Waals surface area contributed by atoms with E-state index >= 15 is 0 Å². The van der Waals surface area contributed by atoms with Gasteiger partial charge >= 0.3 is 6.18 Å². The summed E-state index contributed by atoms with van der Waals surface area (Å²) in [4.78, 5) is 17.5. The van der Waals surface area contributed by atoms with Crippen LogP contribution >= 0.6 is 0 Å². The highest BCUT2D eigenvalue weighted by Crippen LogP contribution is 2.26. The number of likely N-dealkylation sites (tertiary alicyclic amines) is 1. The largest absolute Gasteiger partial charge is 0.397 e. The van der Waals surface area contributed by atoms with Gasteiger partial charge in [-0.15, -0.1) is 0 Å². The number of piperidine rings is 1. The molecule has 0 aliphatic carbocycles. The average Bonchev–Trinajstić information content (AvgIpc) is 3.02. The van der Waals surface area contributed by atoms with Gasteiger partial charge in [0.1, 0.15) is 6.42 Å². The number of rotatable bonds is 4. The molecule has 8 heteroatoms. The Hall–Kier alpha value is -2.38. The number of aryl methyl sites for hydroxylation is 1. The molecule has 3 rings (SSSR count). The third-order valence-corrected chi connectivity index (χ3v) is 4.54. The molecule has 0 saturated carbocycles. The number of carbonyl (C=O) groups excluding carboxylic acids is 1. The Morgan fingerprint density at radius 1 is 1.35 bits per heavy atom. The van der Waals surface area contributed by atoms with Crippen molar-refractivity contribution >= 4 is 5.91 Å². The van der Waals surface area contributed by atoms with Crippen molar-refractivity contribution in [3.8, 4) is 11.4 Å². The van der Waals surface area contributed by atoms with Crippen molar-refractivity contribution < 1.29 is 22.5 Å². The Morgan fingerprint density at radius 3 is 2.85 bits per heavy atom. The van der Waals surface area contributed by atoms with Crippen molar-refractivity contribution in [2.75, 3.05) is 13.1 Å². The van der Waals surface area contributed by atoms with Crippen LogP contribution in [-0.2, 0) is 11.2 Å². The van der Waals surface area contributed by atoms with Gasteiger partial charge in [0.05, 0.1) is 0 Å². The van der Waals surface area contributed by atoms with Crippen molar-refractivity contribution in [2.45, 2.75) is 38.8 Å². The number of benzene rings is 1. The smallest absolute Gasteiger partial charge is 0.342 e. The summed E-state index contributed by atoms with van der Waals surface area (Å²) in [5.74, 6) is 0.0942. The molecule has 1 atom stereocenters. The summed E-state index contributed by atoms with van der Waals surface area (Å²) >= 11 is 0. The van der Waals surface area contributed by atoms with Crippen molar-refractivity contribution in [1.82, 2.24) is 15.0 Å². The second kappa shape index (κ2) is 7.47. The summed E-state index contributed by atoms with van der Waals surface area (Å²) in [5, 5.41) is 4.00. The van der Waals surface area contributed by atoms with Gasteiger partial charge in [-0.1, -0.05) is 29.4 Å². The molecule has 1 aromatic heterocycles. The molecule has 26 heavy (non-hydrogen) atoms. The molecule has 1 aliphatic heterocycles. The number of hydrogen-bond acceptors (Lipinski definition) is 4. The van der Waals surface area contributed by atoms with E-state index in [1.54, 1.807) is 0 Å². The predicted octanol–water partition coefficient (Wildman–Crippen LogP) is 3.78. The number of nitrogens with zero attached hydrogens (tertiary/aromatic N) is 3. The predicted molar refractivity (Wildman–Crippen MR) is 88.2 cm³/mol. The van der Waals surface area contributed by atoms with Crippen LogP contribution in [0.3, 0.4) is 0 Å². The van der Waals surface area contributed by atoms with Crippen LogP contribution < -0.4 is 0 Å². The lowest BCUT2D eigenvalue weighted by Gasteiger charge is -2.32. The highest BCUT2D eigenvalue weighted by atomic mass is 19.4. The Kier molecular flexibility index (Phi) is 5.29. The van der Waals surface area contributed by atoms with E-state index in [1.165, 1.54) is 4.90 Å². The third-order valence-electron chi connectivity index (χ3n) is 4.54. The van der Waals surface area contributed by atoms with Crippen molar-refractivity contribution in [3.63, 3.8) is 0 Å². The number of amides is 1. The molecule has 1 aromatic carbocycles. The van der Waals surface area contributed by atoms with Gasteiger partial charge in [0, 0.05) is 25.1 Å². The van der Waals surface area contributed by atoms with E-state index in [0.29, 0.717) is 31.1 Å². The van der Waals surface area contributed by atoms with Gasteiger partial charge in [0.15, 0.2) is 0 Å². The summed E-state index contributed by atoms with van der Waals surface area (Å²) in [6.45, 7) is 2.61. The van der Waals surface area contributed by atoms with Crippen molar-refractivity contribution in [2.24, 2.45) is 5.92 Å². The zero-order valence-corrected chi connectivity index (χ0v) is 14.4. The quantitative estimate of drug-likeness (QED) is 0.825. The second-order valence-corrected chi connectivity index (χ2v) is 6.67. The minimum Gasteiger partial charge on any atom is -0.342 e. The maximum atomic E-state index is 12.4. The summed E-state index contributed by atoms with van der Waals surface area (Å²) in [5.41, 5.74) is 1.91. The average molecular weight is 367 g/mol. The van der Waals surface area contributed by atoms with Crippen molar-refractivity contribution in [3.05, 3.63) is 35.7 Å². The molecular formula is C18H20F3N3O2. The van der Waals surface area contributed by atoms with Crippen LogP contribution in [0.25, 0.3) is 11.4 Å². The fourth-order valence-electron chi connectivity index (χ4n) is 3.26. The first kappa shape index (κ1) is 18.4. The van der Waals surface area contributed by atoms with Crippen LogP contribution in [0.2, 0.25) is 0 Å². The summed E-state index contributed by atoms with van der Waals surface area (Å²) in [7, 11) is 0. The maximum absolute atomic E-state index is 12.4. The fourth-order valence-corrected chi connectivity index (χ4v) is 3.26. The van der Waals surface area contributed by atoms with Gasteiger partial charge in [-0.25, -0.2) is 0 Å². The third kappa shape index (κ3) is 4.62. The van der Waals surface area contributed by atoms with Crippen LogP contribution in [0.15, 0.2) is 28.8 Å². The van der Waals surface area contributed by atoms with Gasteiger partial charge in [-0.2, -0.15) is 18.2 Å². The lowest BCUT2D eigenvalue weighted by atomic mass is 9.94. The van der Waals surface area contributed by atoms with E-state index in [-0.39, 0.29) is 12.5 Å². The van der Waals surface area contributed by atoms with E-state index in [0.717, 1.165) is 17.5 Å². The second-order valence-electron chi connectivity index (χ2n) is 6.67. The molecule has 0 bridgehead atoms. The summed E-state index contributed by atoms with van der Waals surface area (Å²) in [6.07, 6.45) is -3.93. The lowest BCUT2D eigenvalue weighted by Crippen LogP contribution is -2.42. The molecule has 0 radical (unpaired) electrons. The molecule has 2 heterocycles. The molecular weight excluding hydrogens is 347 g/mol.